The van der Waals surface area contributed by atoms with E-state index in [1.165, 1.54) is 0 Å². The number of urea groups is 1. The average molecular weight is 200 g/mol. The maximum atomic E-state index is 11.2. The van der Waals surface area contributed by atoms with E-state index in [1.54, 1.807) is 0 Å². The van der Waals surface area contributed by atoms with Gasteiger partial charge in [-0.25, -0.2) is 4.79 Å². The molecule has 0 bridgehead atoms. The fraction of sp³-hybridized carbons (Fsp3) is 0.667. The summed E-state index contributed by atoms with van der Waals surface area (Å²) in [6, 6.07) is 0.0884. The highest BCUT2D eigenvalue weighted by Crippen LogP contribution is 2.04. The van der Waals surface area contributed by atoms with Crippen LogP contribution in [0.1, 0.15) is 6.42 Å². The molecule has 1 aliphatic heterocycles. The lowest BCUT2D eigenvalue weighted by Crippen LogP contribution is -2.47. The molecule has 2 amide bonds. The van der Waals surface area contributed by atoms with E-state index in [2.05, 4.69) is 11.9 Å². The maximum Gasteiger partial charge on any atom is 0.317 e. The smallest absolute Gasteiger partial charge is 0.317 e. The number of rotatable bonds is 5. The zero-order valence-electron chi connectivity index (χ0n) is 7.79. The first-order valence-corrected chi connectivity index (χ1v) is 5.71. The second-order valence-corrected chi connectivity index (χ2v) is 4.09. The molecule has 0 atom stereocenters. The van der Waals surface area contributed by atoms with Crippen molar-refractivity contribution in [1.29, 1.82) is 0 Å². The molecule has 4 heteroatoms. The molecule has 1 fully saturated rings. The second-order valence-electron chi connectivity index (χ2n) is 2.94. The summed E-state index contributed by atoms with van der Waals surface area (Å²) in [7, 11) is 0. The van der Waals surface area contributed by atoms with Crippen molar-refractivity contribution in [2.75, 3.05) is 31.1 Å². The van der Waals surface area contributed by atoms with Gasteiger partial charge in [-0.1, -0.05) is 6.08 Å². The monoisotopic (exact) mass is 200 g/mol. The third-order valence-corrected chi connectivity index (χ3v) is 2.85. The summed E-state index contributed by atoms with van der Waals surface area (Å²) in [6.07, 6.45) is 2.96. The summed E-state index contributed by atoms with van der Waals surface area (Å²) >= 11 is 1.81. The number of thioether (sulfide) groups is 1. The SMILES string of the molecule is C=CCSCCN1CCCNC1=O. The van der Waals surface area contributed by atoms with Crippen molar-refractivity contribution >= 4 is 17.8 Å². The summed E-state index contributed by atoms with van der Waals surface area (Å²) in [5.74, 6) is 1.97. The summed E-state index contributed by atoms with van der Waals surface area (Å²) in [4.78, 5) is 13.1. The number of hydrogen-bond acceptors (Lipinski definition) is 2. The van der Waals surface area contributed by atoms with Crippen LogP contribution in [0.25, 0.3) is 0 Å². The highest BCUT2D eigenvalue weighted by atomic mass is 32.2. The van der Waals surface area contributed by atoms with Gasteiger partial charge in [0, 0.05) is 31.1 Å². The summed E-state index contributed by atoms with van der Waals surface area (Å²) < 4.78 is 0. The molecular weight excluding hydrogens is 184 g/mol. The minimum absolute atomic E-state index is 0.0884. The lowest BCUT2D eigenvalue weighted by molar-refractivity contribution is 0.190. The third kappa shape index (κ3) is 3.72. The van der Waals surface area contributed by atoms with E-state index in [9.17, 15) is 4.79 Å². The molecule has 0 spiro atoms. The van der Waals surface area contributed by atoms with Crippen molar-refractivity contribution in [2.45, 2.75) is 6.42 Å². The van der Waals surface area contributed by atoms with Crippen molar-refractivity contribution in [1.82, 2.24) is 10.2 Å². The van der Waals surface area contributed by atoms with Gasteiger partial charge in [-0.15, -0.1) is 6.58 Å². The van der Waals surface area contributed by atoms with Crippen LogP contribution < -0.4 is 5.32 Å². The largest absolute Gasteiger partial charge is 0.338 e. The minimum atomic E-state index is 0.0884. The summed E-state index contributed by atoms with van der Waals surface area (Å²) in [5, 5.41) is 2.83. The molecule has 0 aromatic heterocycles. The first-order valence-electron chi connectivity index (χ1n) is 4.56. The Bertz CT molecular complexity index is 184. The maximum absolute atomic E-state index is 11.2. The van der Waals surface area contributed by atoms with Crippen molar-refractivity contribution in [2.24, 2.45) is 0 Å². The number of carbonyl (C=O) groups is 1. The molecule has 1 aliphatic rings. The molecule has 1 rings (SSSR count). The van der Waals surface area contributed by atoms with E-state index in [1.807, 2.05) is 22.7 Å². The van der Waals surface area contributed by atoms with Crippen LogP contribution in [-0.4, -0.2) is 42.1 Å². The molecule has 74 valence electrons. The van der Waals surface area contributed by atoms with E-state index in [0.717, 1.165) is 37.6 Å². The Morgan fingerprint density at radius 1 is 1.69 bits per heavy atom. The van der Waals surface area contributed by atoms with E-state index in [-0.39, 0.29) is 6.03 Å². The Morgan fingerprint density at radius 3 is 3.23 bits per heavy atom. The molecule has 3 nitrogen and oxygen atoms in total. The second kappa shape index (κ2) is 5.91. The normalized spacial score (nSPS) is 16.9. The topological polar surface area (TPSA) is 32.3 Å². The molecule has 0 saturated carbocycles. The van der Waals surface area contributed by atoms with Gasteiger partial charge >= 0.3 is 6.03 Å². The predicted molar refractivity (Wildman–Crippen MR) is 57.1 cm³/mol. The van der Waals surface area contributed by atoms with Crippen LogP contribution in [0.5, 0.6) is 0 Å². The van der Waals surface area contributed by atoms with Crippen LogP contribution >= 0.6 is 11.8 Å². The van der Waals surface area contributed by atoms with Crippen molar-refractivity contribution < 1.29 is 4.79 Å². The summed E-state index contributed by atoms with van der Waals surface area (Å²) in [6.45, 7) is 6.23. The van der Waals surface area contributed by atoms with Gasteiger partial charge in [0.2, 0.25) is 0 Å². The van der Waals surface area contributed by atoms with Crippen LogP contribution in [0, 0.1) is 0 Å². The zero-order chi connectivity index (χ0) is 9.52. The van der Waals surface area contributed by atoms with Gasteiger partial charge in [-0.2, -0.15) is 11.8 Å². The Morgan fingerprint density at radius 2 is 2.54 bits per heavy atom. The first kappa shape index (κ1) is 10.4. The van der Waals surface area contributed by atoms with Crippen LogP contribution in [0.2, 0.25) is 0 Å². The predicted octanol–water partition coefficient (Wildman–Crippen LogP) is 1.32. The molecule has 1 heterocycles. The van der Waals surface area contributed by atoms with E-state index in [4.69, 9.17) is 0 Å². The average Bonchev–Trinajstić information content (AvgIpc) is 2.15. The molecule has 0 aliphatic carbocycles. The zero-order valence-corrected chi connectivity index (χ0v) is 8.61. The Kier molecular flexibility index (Phi) is 4.75. The van der Waals surface area contributed by atoms with Crippen LogP contribution in [0.3, 0.4) is 0 Å². The molecule has 0 radical (unpaired) electrons. The fourth-order valence-electron chi connectivity index (χ4n) is 1.23. The van der Waals surface area contributed by atoms with Gasteiger partial charge in [0.15, 0.2) is 0 Å². The van der Waals surface area contributed by atoms with Gasteiger partial charge < -0.3 is 10.2 Å². The summed E-state index contributed by atoms with van der Waals surface area (Å²) in [5.41, 5.74) is 0. The Balaban J connectivity index is 2.11. The van der Waals surface area contributed by atoms with Crippen LogP contribution in [0.15, 0.2) is 12.7 Å². The third-order valence-electron chi connectivity index (χ3n) is 1.91. The molecule has 1 N–H and O–H groups in total. The number of carbonyl (C=O) groups excluding carboxylic acids is 1. The van der Waals surface area contributed by atoms with Crippen molar-refractivity contribution in [3.8, 4) is 0 Å². The van der Waals surface area contributed by atoms with E-state index >= 15 is 0 Å². The highest BCUT2D eigenvalue weighted by Gasteiger charge is 2.15. The molecule has 0 unspecified atom stereocenters. The fourth-order valence-corrected chi connectivity index (χ4v) is 1.92. The number of hydrogen-bond donors (Lipinski definition) is 1. The number of amides is 2. The molecular formula is C9H16N2OS. The molecule has 1 saturated heterocycles. The van der Waals surface area contributed by atoms with Gasteiger partial charge in [0.25, 0.3) is 0 Å². The lowest BCUT2D eigenvalue weighted by Gasteiger charge is -2.27. The Labute approximate surface area is 83.6 Å². The molecule has 0 aromatic carbocycles. The number of nitrogens with one attached hydrogen (secondary N) is 1. The highest BCUT2D eigenvalue weighted by molar-refractivity contribution is 7.99. The van der Waals surface area contributed by atoms with E-state index in [0.29, 0.717) is 0 Å². The standard InChI is InChI=1S/C9H16N2OS/c1-2-7-13-8-6-11-5-3-4-10-9(11)12/h2H,1,3-8H2,(H,10,12). The minimum Gasteiger partial charge on any atom is -0.338 e. The van der Waals surface area contributed by atoms with Gasteiger partial charge in [-0.3, -0.25) is 0 Å². The molecule has 13 heavy (non-hydrogen) atoms. The first-order chi connectivity index (χ1) is 6.34. The van der Waals surface area contributed by atoms with E-state index < -0.39 is 0 Å². The van der Waals surface area contributed by atoms with Gasteiger partial charge in [0.1, 0.15) is 0 Å². The van der Waals surface area contributed by atoms with Crippen LogP contribution in [-0.2, 0) is 0 Å². The lowest BCUT2D eigenvalue weighted by atomic mass is 10.3. The molecule has 0 aromatic rings. The van der Waals surface area contributed by atoms with Crippen LogP contribution in [0.4, 0.5) is 4.79 Å². The number of nitrogens with zero attached hydrogens (tertiary/aromatic N) is 1. The quantitative estimate of drug-likeness (QED) is 0.536. The van der Waals surface area contributed by atoms with Gasteiger partial charge in [-0.05, 0) is 6.42 Å². The van der Waals surface area contributed by atoms with Gasteiger partial charge in [0.05, 0.1) is 0 Å². The van der Waals surface area contributed by atoms with Crippen molar-refractivity contribution in [3.63, 3.8) is 0 Å². The van der Waals surface area contributed by atoms with Crippen molar-refractivity contribution in [3.05, 3.63) is 12.7 Å². The Hall–Kier alpha value is -0.640.